The molecule has 12 heteroatoms. The fourth-order valence-corrected chi connectivity index (χ4v) is 3.61. The summed E-state index contributed by atoms with van der Waals surface area (Å²) in [7, 11) is 0. The van der Waals surface area contributed by atoms with Gasteiger partial charge in [0.25, 0.3) is 5.56 Å². The van der Waals surface area contributed by atoms with Crippen LogP contribution in [0, 0.1) is 0 Å². The lowest BCUT2D eigenvalue weighted by molar-refractivity contribution is -0.137. The highest BCUT2D eigenvalue weighted by atomic mass is 35.5. The Morgan fingerprint density at radius 3 is 2.61 bits per heavy atom. The lowest BCUT2D eigenvalue weighted by atomic mass is 9.92. The third-order valence-electron chi connectivity index (χ3n) is 4.85. The first-order valence-electron chi connectivity index (χ1n) is 9.55. The van der Waals surface area contributed by atoms with Gasteiger partial charge in [-0.05, 0) is 30.3 Å². The van der Waals surface area contributed by atoms with Gasteiger partial charge in [-0.25, -0.2) is 0 Å². The monoisotopic (exact) mass is 477 g/mol. The SMILES string of the molecule is O=C1CC(C(=O)Nc2ccccc2C(F)(F)F)c2c(nc(Nc3cccc(Cl)c3)[nH]c2=O)N1. The second kappa shape index (κ2) is 8.58. The summed E-state index contributed by atoms with van der Waals surface area (Å²) in [4.78, 5) is 44.4. The second-order valence-corrected chi connectivity index (χ2v) is 7.59. The number of anilines is 4. The summed E-state index contributed by atoms with van der Waals surface area (Å²) in [5.41, 5.74) is -1.91. The molecule has 1 atom stereocenters. The van der Waals surface area contributed by atoms with Crippen LogP contribution in [0.1, 0.15) is 23.5 Å². The Bertz CT molecular complexity index is 1310. The van der Waals surface area contributed by atoms with Crippen molar-refractivity contribution in [3.63, 3.8) is 0 Å². The van der Waals surface area contributed by atoms with Crippen LogP contribution in [0.5, 0.6) is 0 Å². The molecule has 33 heavy (non-hydrogen) atoms. The maximum atomic E-state index is 13.3. The van der Waals surface area contributed by atoms with E-state index in [0.29, 0.717) is 10.7 Å². The number of rotatable bonds is 4. The summed E-state index contributed by atoms with van der Waals surface area (Å²) in [5.74, 6) is -3.08. The van der Waals surface area contributed by atoms with Crippen LogP contribution < -0.4 is 21.5 Å². The lowest BCUT2D eigenvalue weighted by Gasteiger charge is -2.24. The Morgan fingerprint density at radius 1 is 1.12 bits per heavy atom. The third kappa shape index (κ3) is 4.82. The van der Waals surface area contributed by atoms with Crippen LogP contribution in [-0.4, -0.2) is 21.8 Å². The minimum absolute atomic E-state index is 0.0233. The van der Waals surface area contributed by atoms with E-state index < -0.39 is 47.1 Å². The van der Waals surface area contributed by atoms with Crippen LogP contribution >= 0.6 is 11.6 Å². The number of aromatic amines is 1. The molecular weight excluding hydrogens is 463 g/mol. The summed E-state index contributed by atoms with van der Waals surface area (Å²) in [5, 5.41) is 7.88. The van der Waals surface area contributed by atoms with Crippen molar-refractivity contribution in [3.8, 4) is 0 Å². The van der Waals surface area contributed by atoms with Crippen LogP contribution in [0.2, 0.25) is 5.02 Å². The number of aromatic nitrogens is 2. The first-order valence-corrected chi connectivity index (χ1v) is 9.93. The van der Waals surface area contributed by atoms with Crippen molar-refractivity contribution >= 4 is 46.6 Å². The number of alkyl halides is 3. The minimum atomic E-state index is -4.70. The third-order valence-corrected chi connectivity index (χ3v) is 5.08. The van der Waals surface area contributed by atoms with Gasteiger partial charge in [0.05, 0.1) is 22.7 Å². The summed E-state index contributed by atoms with van der Waals surface area (Å²) in [6.07, 6.45) is -5.13. The normalized spacial score (nSPS) is 15.4. The van der Waals surface area contributed by atoms with E-state index in [-0.39, 0.29) is 17.3 Å². The molecule has 0 saturated carbocycles. The average Bonchev–Trinajstić information content (AvgIpc) is 2.72. The molecule has 1 aromatic heterocycles. The maximum Gasteiger partial charge on any atom is 0.418 e. The number of hydrogen-bond donors (Lipinski definition) is 4. The summed E-state index contributed by atoms with van der Waals surface area (Å²) < 4.78 is 39.8. The Kier molecular flexibility index (Phi) is 5.81. The number of para-hydroxylation sites is 1. The van der Waals surface area contributed by atoms with Gasteiger partial charge in [0.15, 0.2) is 0 Å². The second-order valence-electron chi connectivity index (χ2n) is 7.15. The van der Waals surface area contributed by atoms with Crippen molar-refractivity contribution in [1.82, 2.24) is 9.97 Å². The molecule has 2 aromatic carbocycles. The molecule has 1 aliphatic rings. The quantitative estimate of drug-likeness (QED) is 0.448. The first-order chi connectivity index (χ1) is 15.6. The molecule has 0 saturated heterocycles. The molecule has 2 amide bonds. The van der Waals surface area contributed by atoms with E-state index in [9.17, 15) is 27.6 Å². The first kappa shape index (κ1) is 22.3. The van der Waals surface area contributed by atoms with Crippen molar-refractivity contribution in [2.75, 3.05) is 16.0 Å². The van der Waals surface area contributed by atoms with E-state index in [0.717, 1.165) is 12.1 Å². The van der Waals surface area contributed by atoms with Gasteiger partial charge in [0, 0.05) is 17.1 Å². The van der Waals surface area contributed by atoms with Gasteiger partial charge in [-0.15, -0.1) is 0 Å². The van der Waals surface area contributed by atoms with Crippen LogP contribution in [0.15, 0.2) is 53.3 Å². The van der Waals surface area contributed by atoms with Gasteiger partial charge in [0.1, 0.15) is 5.82 Å². The highest BCUT2D eigenvalue weighted by Crippen LogP contribution is 2.36. The molecule has 8 nitrogen and oxygen atoms in total. The Hall–Kier alpha value is -3.86. The number of hydrogen-bond acceptors (Lipinski definition) is 5. The largest absolute Gasteiger partial charge is 0.418 e. The Labute approximate surface area is 189 Å². The number of nitrogens with zero attached hydrogens (tertiary/aromatic N) is 1. The van der Waals surface area contributed by atoms with Crippen molar-refractivity contribution in [2.24, 2.45) is 0 Å². The number of nitrogens with one attached hydrogen (secondary N) is 4. The van der Waals surface area contributed by atoms with Crippen molar-refractivity contribution in [1.29, 1.82) is 0 Å². The fourth-order valence-electron chi connectivity index (χ4n) is 3.42. The van der Waals surface area contributed by atoms with Crippen LogP contribution in [-0.2, 0) is 15.8 Å². The van der Waals surface area contributed by atoms with E-state index in [1.165, 1.54) is 12.1 Å². The van der Waals surface area contributed by atoms with Gasteiger partial charge >= 0.3 is 6.18 Å². The molecule has 4 N–H and O–H groups in total. The fraction of sp³-hybridized carbons (Fsp3) is 0.143. The van der Waals surface area contributed by atoms with Gasteiger partial charge < -0.3 is 16.0 Å². The van der Waals surface area contributed by atoms with Crippen molar-refractivity contribution in [3.05, 3.63) is 75.0 Å². The summed E-state index contributed by atoms with van der Waals surface area (Å²) in [6, 6.07) is 11.0. The molecule has 0 spiro atoms. The zero-order chi connectivity index (χ0) is 23.8. The zero-order valence-corrected chi connectivity index (χ0v) is 17.3. The van der Waals surface area contributed by atoms with Crippen LogP contribution in [0.3, 0.4) is 0 Å². The maximum absolute atomic E-state index is 13.3. The van der Waals surface area contributed by atoms with Crippen LogP contribution in [0.4, 0.5) is 36.3 Å². The molecule has 4 rings (SSSR count). The highest BCUT2D eigenvalue weighted by molar-refractivity contribution is 6.30. The number of H-pyrrole nitrogens is 1. The number of benzene rings is 2. The Balaban J connectivity index is 1.66. The number of amides is 2. The van der Waals surface area contributed by atoms with Crippen LogP contribution in [0.25, 0.3) is 0 Å². The van der Waals surface area contributed by atoms with E-state index in [4.69, 9.17) is 11.6 Å². The van der Waals surface area contributed by atoms with Gasteiger partial charge in [0.2, 0.25) is 17.8 Å². The highest BCUT2D eigenvalue weighted by Gasteiger charge is 2.37. The molecule has 0 fully saturated rings. The van der Waals surface area contributed by atoms with Gasteiger partial charge in [-0.2, -0.15) is 18.2 Å². The topological polar surface area (TPSA) is 116 Å². The smallest absolute Gasteiger partial charge is 0.326 e. The molecule has 3 aromatic rings. The van der Waals surface area contributed by atoms with Gasteiger partial charge in [-0.1, -0.05) is 29.8 Å². The molecule has 1 aliphatic heterocycles. The standard InChI is InChI=1S/C21H15ClF3N5O3/c22-10-4-3-5-11(8-10)26-20-29-17-16(19(33)30-20)12(9-15(31)28-17)18(32)27-14-7-2-1-6-13(14)21(23,24)25/h1-8,12H,9H2,(H,27,32)(H3,26,28,29,30,31,33). The predicted octanol–water partition coefficient (Wildman–Crippen LogP) is 4.25. The number of fused-ring (bicyclic) bond motifs is 1. The van der Waals surface area contributed by atoms with Crippen molar-refractivity contribution < 1.29 is 22.8 Å². The molecule has 0 bridgehead atoms. The van der Waals surface area contributed by atoms with E-state index >= 15 is 0 Å². The molecule has 0 radical (unpaired) electrons. The zero-order valence-electron chi connectivity index (χ0n) is 16.6. The molecule has 0 aliphatic carbocycles. The van der Waals surface area contributed by atoms with Gasteiger partial charge in [-0.3, -0.25) is 19.4 Å². The van der Waals surface area contributed by atoms with E-state index in [1.54, 1.807) is 24.3 Å². The molecule has 1 unspecified atom stereocenters. The van der Waals surface area contributed by atoms with E-state index in [2.05, 4.69) is 25.9 Å². The molecular formula is C21H15ClF3N5O3. The molecule has 170 valence electrons. The summed E-state index contributed by atoms with van der Waals surface area (Å²) in [6.45, 7) is 0. The number of carbonyl (C=O) groups excluding carboxylic acids is 2. The minimum Gasteiger partial charge on any atom is -0.326 e. The Morgan fingerprint density at radius 2 is 1.88 bits per heavy atom. The molecule has 2 heterocycles. The predicted molar refractivity (Wildman–Crippen MR) is 116 cm³/mol. The number of carbonyl (C=O) groups is 2. The lowest BCUT2D eigenvalue weighted by Crippen LogP contribution is -2.36. The average molecular weight is 478 g/mol. The number of halogens is 4. The van der Waals surface area contributed by atoms with E-state index in [1.807, 2.05) is 0 Å². The van der Waals surface area contributed by atoms with Crippen molar-refractivity contribution in [2.45, 2.75) is 18.5 Å². The summed E-state index contributed by atoms with van der Waals surface area (Å²) >= 11 is 5.93.